The monoisotopic (exact) mass is 920 g/mol. The summed E-state index contributed by atoms with van der Waals surface area (Å²) in [5.41, 5.74) is 1.09. The van der Waals surface area contributed by atoms with Crippen LogP contribution in [0.3, 0.4) is 0 Å². The van der Waals surface area contributed by atoms with Crippen LogP contribution in [0, 0.1) is 23.7 Å². The molecule has 3 aliphatic rings. The number of rotatable bonds is 23. The number of nitrogens with zero attached hydrogens (tertiary/aromatic N) is 2. The van der Waals surface area contributed by atoms with Gasteiger partial charge < -0.3 is 21.1 Å². The standard InChI is InChI=1S/C57H101N5O4/c1-7-11-22-47-38-55(64)48(30-27-46-28-33-53(63)34-29-46)39-56(65)54-25-20-36-62(54)43-49(10-4)58-40-51(32-31-50(23-12-8-2)59-41-52-24-19-35-61(52)42-47)60-57(66)26-18-16-14-13-15-17-21-45(6)37-44(5)9-3/h28-29,33-34,44-45,47-52,54,58-59,63H,7-27,30-32,35-43H2,1-6H3,(H,60,66)/t44?,45?,47?,48-,49?,50?,51+,52?,54+/m1/s1. The molecule has 3 saturated heterocycles. The maximum absolute atomic E-state index is 14.6. The first-order valence-corrected chi connectivity index (χ1v) is 28.1. The van der Waals surface area contributed by atoms with Gasteiger partial charge in [0.15, 0.2) is 5.78 Å². The van der Waals surface area contributed by atoms with Gasteiger partial charge in [0.2, 0.25) is 5.91 Å². The fraction of sp³-hybridized carbons (Fsp3) is 0.842. The second kappa shape index (κ2) is 32.5. The molecule has 9 heteroatoms. The molecule has 1 aromatic rings. The molecule has 4 N–H and O–H groups in total. The van der Waals surface area contributed by atoms with Crippen LogP contribution in [0.15, 0.2) is 24.3 Å². The van der Waals surface area contributed by atoms with Crippen LogP contribution in [0.5, 0.6) is 5.75 Å². The van der Waals surface area contributed by atoms with Crippen molar-refractivity contribution < 1.29 is 19.5 Å². The molecule has 378 valence electrons. The Kier molecular flexibility index (Phi) is 27.7. The van der Waals surface area contributed by atoms with Crippen LogP contribution < -0.4 is 16.0 Å². The number of amides is 1. The first-order valence-electron chi connectivity index (χ1n) is 28.1. The van der Waals surface area contributed by atoms with Crippen molar-refractivity contribution >= 4 is 17.5 Å². The number of ketones is 2. The van der Waals surface area contributed by atoms with Crippen LogP contribution in [0.25, 0.3) is 0 Å². The molecular weight excluding hydrogens is 819 g/mol. The number of aromatic hydroxyl groups is 1. The zero-order valence-corrected chi connectivity index (χ0v) is 43.4. The van der Waals surface area contributed by atoms with Crippen molar-refractivity contribution in [2.75, 3.05) is 39.3 Å². The van der Waals surface area contributed by atoms with E-state index < -0.39 is 0 Å². The van der Waals surface area contributed by atoms with Gasteiger partial charge in [-0.1, -0.05) is 124 Å². The lowest BCUT2D eigenvalue weighted by atomic mass is 9.83. The van der Waals surface area contributed by atoms with Crippen LogP contribution in [0.4, 0.5) is 0 Å². The van der Waals surface area contributed by atoms with Crippen molar-refractivity contribution in [2.24, 2.45) is 23.7 Å². The largest absolute Gasteiger partial charge is 0.508 e. The number of unbranched alkanes of at least 4 members (excludes halogenated alkanes) is 7. The Bertz CT molecular complexity index is 1470. The number of Topliss-reactive ketones (excluding diaryl/α,β-unsaturated/α-hetero) is 2. The Hall–Kier alpha value is -2.33. The van der Waals surface area contributed by atoms with Crippen molar-refractivity contribution in [3.05, 3.63) is 29.8 Å². The molecule has 0 spiro atoms. The molecule has 9 atom stereocenters. The Balaban J connectivity index is 1.46. The molecule has 0 bridgehead atoms. The highest BCUT2D eigenvalue weighted by atomic mass is 16.3. The average molecular weight is 920 g/mol. The summed E-state index contributed by atoms with van der Waals surface area (Å²) < 4.78 is 0. The van der Waals surface area contributed by atoms with E-state index in [9.17, 15) is 19.5 Å². The van der Waals surface area contributed by atoms with E-state index >= 15 is 0 Å². The second-order valence-corrected chi connectivity index (χ2v) is 21.8. The number of benzene rings is 1. The Morgan fingerprint density at radius 3 is 2.17 bits per heavy atom. The smallest absolute Gasteiger partial charge is 0.220 e. The lowest BCUT2D eigenvalue weighted by Gasteiger charge is -2.31. The number of carbonyl (C=O) groups excluding carboxylic acids is 3. The van der Waals surface area contributed by atoms with E-state index in [1.807, 2.05) is 12.1 Å². The van der Waals surface area contributed by atoms with Gasteiger partial charge in [-0.3, -0.25) is 24.2 Å². The molecule has 66 heavy (non-hydrogen) atoms. The lowest BCUT2D eigenvalue weighted by molar-refractivity contribution is -0.131. The molecule has 3 heterocycles. The molecule has 4 rings (SSSR count). The van der Waals surface area contributed by atoms with Crippen molar-refractivity contribution in [3.63, 3.8) is 0 Å². The molecule has 0 radical (unpaired) electrons. The van der Waals surface area contributed by atoms with E-state index in [0.29, 0.717) is 37.8 Å². The van der Waals surface area contributed by atoms with E-state index in [4.69, 9.17) is 0 Å². The van der Waals surface area contributed by atoms with Crippen LogP contribution in [0.2, 0.25) is 0 Å². The molecule has 0 saturated carbocycles. The van der Waals surface area contributed by atoms with Gasteiger partial charge in [0.05, 0.1) is 6.04 Å². The maximum Gasteiger partial charge on any atom is 0.220 e. The predicted octanol–water partition coefficient (Wildman–Crippen LogP) is 11.6. The molecule has 0 aliphatic carbocycles. The molecular formula is C57H101N5O4. The number of nitrogens with one attached hydrogen (secondary N) is 3. The Morgan fingerprint density at radius 1 is 0.727 bits per heavy atom. The van der Waals surface area contributed by atoms with Crippen molar-refractivity contribution in [1.29, 1.82) is 0 Å². The van der Waals surface area contributed by atoms with Gasteiger partial charge in [0.25, 0.3) is 0 Å². The van der Waals surface area contributed by atoms with Crippen molar-refractivity contribution in [1.82, 2.24) is 25.8 Å². The number of phenolic OH excluding ortho intramolecular Hbond substituents is 1. The quantitative estimate of drug-likeness (QED) is 0.0803. The number of hydrogen-bond acceptors (Lipinski definition) is 8. The van der Waals surface area contributed by atoms with E-state index in [1.165, 1.54) is 70.6 Å². The first kappa shape index (κ1) is 56.3. The highest BCUT2D eigenvalue weighted by molar-refractivity contribution is 5.90. The SMILES string of the molecule is CCCCC1CC(=O)[C@H](CCc2ccc(O)cc2)CC(=O)[C@@H]2CCCN2CC(CC)NC[C@@H](NC(=O)CCCCCCCCC(C)CC(C)CC)CCC(CCCC)NCC2CCCN2C1. The van der Waals surface area contributed by atoms with Crippen LogP contribution in [-0.2, 0) is 20.8 Å². The Morgan fingerprint density at radius 2 is 1.42 bits per heavy atom. The summed E-state index contributed by atoms with van der Waals surface area (Å²) in [6.45, 7) is 19.3. The van der Waals surface area contributed by atoms with Gasteiger partial charge in [-0.2, -0.15) is 0 Å². The van der Waals surface area contributed by atoms with Crippen LogP contribution in [0.1, 0.15) is 214 Å². The van der Waals surface area contributed by atoms with Crippen LogP contribution in [-0.4, -0.2) is 102 Å². The van der Waals surface area contributed by atoms with Gasteiger partial charge in [-0.25, -0.2) is 0 Å². The first-order chi connectivity index (χ1) is 32.0. The molecule has 3 aliphatic heterocycles. The molecule has 6 unspecified atom stereocenters. The Labute approximate surface area is 404 Å². The number of carbonyl (C=O) groups is 3. The number of hydrogen-bond donors (Lipinski definition) is 4. The molecule has 9 nitrogen and oxygen atoms in total. The van der Waals surface area contributed by atoms with Gasteiger partial charge in [-0.15, -0.1) is 0 Å². The third-order valence-electron chi connectivity index (χ3n) is 16.0. The highest BCUT2D eigenvalue weighted by Crippen LogP contribution is 2.29. The molecule has 3 fully saturated rings. The summed E-state index contributed by atoms with van der Waals surface area (Å²) in [5.74, 6) is 2.58. The predicted molar refractivity (Wildman–Crippen MR) is 276 cm³/mol. The molecule has 0 aromatic heterocycles. The van der Waals surface area contributed by atoms with E-state index in [2.05, 4.69) is 67.3 Å². The summed E-state index contributed by atoms with van der Waals surface area (Å²) in [4.78, 5) is 47.7. The molecule has 1 aromatic carbocycles. The minimum absolute atomic E-state index is 0.0580. The summed E-state index contributed by atoms with van der Waals surface area (Å²) in [7, 11) is 0. The number of fused-ring (bicyclic) bond motifs is 2. The van der Waals surface area contributed by atoms with Gasteiger partial charge in [0, 0.05) is 75.5 Å². The van der Waals surface area contributed by atoms with Crippen molar-refractivity contribution in [3.8, 4) is 5.75 Å². The minimum atomic E-state index is -0.301. The number of aryl methyl sites for hydroxylation is 1. The third kappa shape index (κ3) is 21.5. The summed E-state index contributed by atoms with van der Waals surface area (Å²) in [6, 6.07) is 8.31. The summed E-state index contributed by atoms with van der Waals surface area (Å²) >= 11 is 0. The van der Waals surface area contributed by atoms with Crippen molar-refractivity contribution in [2.45, 2.75) is 245 Å². The number of phenols is 1. The van der Waals surface area contributed by atoms with Gasteiger partial charge in [-0.05, 0) is 132 Å². The minimum Gasteiger partial charge on any atom is -0.508 e. The zero-order chi connectivity index (χ0) is 47.5. The zero-order valence-electron chi connectivity index (χ0n) is 43.4. The maximum atomic E-state index is 14.6. The lowest BCUT2D eigenvalue weighted by Crippen LogP contribution is -2.50. The second-order valence-electron chi connectivity index (χ2n) is 21.8. The summed E-state index contributed by atoms with van der Waals surface area (Å²) in [5, 5.41) is 21.4. The van der Waals surface area contributed by atoms with E-state index in [1.54, 1.807) is 12.1 Å². The topological polar surface area (TPSA) is 114 Å². The van der Waals surface area contributed by atoms with Gasteiger partial charge in [0.1, 0.15) is 11.5 Å². The molecule has 1 amide bonds. The normalized spacial score (nSPS) is 26.9. The van der Waals surface area contributed by atoms with Gasteiger partial charge >= 0.3 is 0 Å². The fourth-order valence-electron chi connectivity index (χ4n) is 11.5. The van der Waals surface area contributed by atoms with E-state index in [0.717, 1.165) is 134 Å². The van der Waals surface area contributed by atoms with Crippen LogP contribution >= 0.6 is 0 Å². The third-order valence-corrected chi connectivity index (χ3v) is 16.0. The fourth-order valence-corrected chi connectivity index (χ4v) is 11.5. The van der Waals surface area contributed by atoms with E-state index in [-0.39, 0.29) is 53.2 Å². The average Bonchev–Trinajstić information content (AvgIpc) is 3.97. The highest BCUT2D eigenvalue weighted by Gasteiger charge is 2.36. The summed E-state index contributed by atoms with van der Waals surface area (Å²) in [6.07, 6.45) is 28.0.